The van der Waals surface area contributed by atoms with E-state index in [1.165, 1.54) is 0 Å². The number of ether oxygens (including phenoxy) is 2. The van der Waals surface area contributed by atoms with Crippen molar-refractivity contribution in [3.63, 3.8) is 0 Å². The summed E-state index contributed by atoms with van der Waals surface area (Å²) in [4.78, 5) is 81.9. The Kier molecular flexibility index (Phi) is 17.2. The van der Waals surface area contributed by atoms with Crippen LogP contribution in [0.15, 0.2) is 89.0 Å². The Labute approximate surface area is 362 Å². The lowest BCUT2D eigenvalue weighted by Gasteiger charge is -2.29. The second-order valence-corrected chi connectivity index (χ2v) is 18.0. The quantitative estimate of drug-likeness (QED) is 0.105. The molecule has 1 aliphatic heterocycles. The zero-order chi connectivity index (χ0) is 45.0. The van der Waals surface area contributed by atoms with Crippen LogP contribution in [0.4, 0.5) is 4.79 Å². The molecule has 0 bridgehead atoms. The molecule has 2 aliphatic rings. The van der Waals surface area contributed by atoms with Gasteiger partial charge in [-0.3, -0.25) is 24.0 Å². The maximum Gasteiger partial charge on any atom is 0.408 e. The minimum absolute atomic E-state index is 0.0300. The highest BCUT2D eigenvalue weighted by Crippen LogP contribution is 2.27. The van der Waals surface area contributed by atoms with Crippen molar-refractivity contribution in [2.24, 2.45) is 11.8 Å². The maximum absolute atomic E-state index is 14.5. The molecular formula is C49H66N4O8. The van der Waals surface area contributed by atoms with E-state index >= 15 is 0 Å². The average Bonchev–Trinajstić information content (AvgIpc) is 3.69. The van der Waals surface area contributed by atoms with E-state index in [0.29, 0.717) is 73.1 Å². The van der Waals surface area contributed by atoms with Gasteiger partial charge in [0.2, 0.25) is 17.7 Å². The average molecular weight is 839 g/mol. The lowest BCUT2D eigenvalue weighted by atomic mass is 9.86. The van der Waals surface area contributed by atoms with Crippen LogP contribution in [0.3, 0.4) is 0 Å². The lowest BCUT2D eigenvalue weighted by molar-refractivity contribution is -0.141. The molecule has 12 heteroatoms. The molecule has 0 saturated carbocycles. The summed E-state index contributed by atoms with van der Waals surface area (Å²) in [5, 5.41) is 8.87. The highest BCUT2D eigenvalue weighted by atomic mass is 16.6. The number of benzene rings is 2. The number of hydrogen-bond donors (Lipinski definition) is 3. The van der Waals surface area contributed by atoms with Crippen LogP contribution in [0.25, 0.3) is 0 Å². The lowest BCUT2D eigenvalue weighted by Crippen LogP contribution is -2.54. The van der Waals surface area contributed by atoms with Crippen molar-refractivity contribution < 1.29 is 38.2 Å². The smallest absolute Gasteiger partial charge is 0.408 e. The van der Waals surface area contributed by atoms with Gasteiger partial charge in [0, 0.05) is 34.9 Å². The van der Waals surface area contributed by atoms with E-state index in [2.05, 4.69) is 29.8 Å². The van der Waals surface area contributed by atoms with Gasteiger partial charge in [0.05, 0.1) is 12.0 Å². The highest BCUT2D eigenvalue weighted by molar-refractivity contribution is 6.24. The van der Waals surface area contributed by atoms with Crippen LogP contribution in [-0.2, 0) is 41.6 Å². The standard InChI is InChI=1S/C49H66N4O8/c1-30(2)27-38(51-48(59)61-49(8,9)10)22-21-37(28-36-15-12-11-13-16-36)47(58)53-26-14-17-42(53)46(57)52-41(45(56)50-31(3)4)25-20-35-18-23-39(24-19-35)60-29-40-34(7)43(54)32(5)33(6)44(40)55/h11-13,15-16,18-19,21-24,30-31,37-38,41-42H,14,17,20,25-29H2,1-10H3,(H,50,56)(H,51,59)(H,52,57)/b22-21+/t37-,38-,41+,42+/m1/s1. The minimum Gasteiger partial charge on any atom is -0.489 e. The molecule has 330 valence electrons. The second kappa shape index (κ2) is 21.8. The van der Waals surface area contributed by atoms with Gasteiger partial charge in [-0.2, -0.15) is 0 Å². The Bertz CT molecular complexity index is 1990. The van der Waals surface area contributed by atoms with Crippen molar-refractivity contribution in [3.8, 4) is 5.75 Å². The number of Topliss-reactive ketones (excluding diaryl/α,β-unsaturated/α-hetero) is 2. The Balaban J connectivity index is 1.47. The van der Waals surface area contributed by atoms with E-state index in [9.17, 15) is 28.8 Å². The van der Waals surface area contributed by atoms with Crippen LogP contribution in [0.1, 0.15) is 106 Å². The van der Waals surface area contributed by atoms with Gasteiger partial charge in [0.1, 0.15) is 30.0 Å². The van der Waals surface area contributed by atoms with Gasteiger partial charge in [0.25, 0.3) is 0 Å². The van der Waals surface area contributed by atoms with Gasteiger partial charge in [-0.05, 0) is 123 Å². The SMILES string of the molecule is CC1=C(C)C(=O)C(COc2ccc(CC[C@H](NC(=O)[C@@H]3CCCN3C(=O)[C@H](/C=C/[C@H](CC(C)C)NC(=O)OC(C)(C)C)Cc3ccccc3)C(=O)NC(C)C)cc2)=C(C)C1=O. The predicted octanol–water partition coefficient (Wildman–Crippen LogP) is 7.16. The van der Waals surface area contributed by atoms with Crippen LogP contribution in [-0.4, -0.2) is 83.2 Å². The molecular weight excluding hydrogens is 773 g/mol. The molecule has 1 fully saturated rings. The number of carbonyl (C=O) groups is 6. The topological polar surface area (TPSA) is 160 Å². The molecule has 1 saturated heterocycles. The number of amides is 4. The highest BCUT2D eigenvalue weighted by Gasteiger charge is 2.38. The zero-order valence-electron chi connectivity index (χ0n) is 37.7. The molecule has 4 atom stereocenters. The van der Waals surface area contributed by atoms with Gasteiger partial charge >= 0.3 is 6.09 Å². The van der Waals surface area contributed by atoms with Gasteiger partial charge < -0.3 is 30.3 Å². The van der Waals surface area contributed by atoms with Crippen molar-refractivity contribution >= 4 is 35.4 Å². The number of hydrogen-bond acceptors (Lipinski definition) is 8. The molecule has 0 spiro atoms. The van der Waals surface area contributed by atoms with Gasteiger partial charge in [-0.25, -0.2) is 4.79 Å². The molecule has 0 unspecified atom stereocenters. The molecule has 4 rings (SSSR count). The first-order chi connectivity index (χ1) is 28.7. The summed E-state index contributed by atoms with van der Waals surface area (Å²) >= 11 is 0. The van der Waals surface area contributed by atoms with Crippen molar-refractivity contribution in [1.29, 1.82) is 0 Å². The Hall–Kier alpha value is -5.52. The summed E-state index contributed by atoms with van der Waals surface area (Å²) in [6.07, 6.45) is 6.07. The fourth-order valence-corrected chi connectivity index (χ4v) is 7.51. The van der Waals surface area contributed by atoms with E-state index in [1.807, 2.05) is 68.5 Å². The third kappa shape index (κ3) is 14.3. The predicted molar refractivity (Wildman–Crippen MR) is 237 cm³/mol. The maximum atomic E-state index is 14.5. The molecule has 1 heterocycles. The monoisotopic (exact) mass is 838 g/mol. The molecule has 1 aliphatic carbocycles. The van der Waals surface area contributed by atoms with Crippen LogP contribution >= 0.6 is 0 Å². The van der Waals surface area contributed by atoms with Crippen LogP contribution in [0.5, 0.6) is 5.75 Å². The molecule has 12 nitrogen and oxygen atoms in total. The normalized spacial score (nSPS) is 17.5. The van der Waals surface area contributed by atoms with Crippen molar-refractivity contribution in [2.75, 3.05) is 13.2 Å². The van der Waals surface area contributed by atoms with Crippen molar-refractivity contribution in [3.05, 3.63) is 100 Å². The molecule has 0 radical (unpaired) electrons. The Morgan fingerprint density at radius 2 is 1.48 bits per heavy atom. The van der Waals surface area contributed by atoms with E-state index in [4.69, 9.17) is 9.47 Å². The third-order valence-corrected chi connectivity index (χ3v) is 10.9. The number of likely N-dealkylation sites (tertiary alicyclic amines) is 1. The molecule has 2 aromatic carbocycles. The molecule has 3 N–H and O–H groups in total. The first-order valence-electron chi connectivity index (χ1n) is 21.5. The number of allylic oxidation sites excluding steroid dienone is 3. The van der Waals surface area contributed by atoms with Gasteiger partial charge in [-0.15, -0.1) is 0 Å². The van der Waals surface area contributed by atoms with E-state index in [1.54, 1.807) is 58.6 Å². The van der Waals surface area contributed by atoms with E-state index in [0.717, 1.165) is 11.1 Å². The summed E-state index contributed by atoms with van der Waals surface area (Å²) in [6, 6.07) is 14.8. The number of alkyl carbamates (subject to hydrolysis) is 1. The number of aryl methyl sites for hydroxylation is 1. The van der Waals surface area contributed by atoms with Gasteiger partial charge in [-0.1, -0.05) is 68.5 Å². The molecule has 2 aromatic rings. The summed E-state index contributed by atoms with van der Waals surface area (Å²) in [5.74, 6) is -1.07. The number of nitrogens with one attached hydrogen (secondary N) is 3. The number of carbonyl (C=O) groups excluding carboxylic acids is 6. The number of rotatable bonds is 18. The number of ketones is 2. The fraction of sp³-hybridized carbons (Fsp3) is 0.510. The first-order valence-corrected chi connectivity index (χ1v) is 21.5. The first kappa shape index (κ1) is 48.1. The van der Waals surface area contributed by atoms with Gasteiger partial charge in [0.15, 0.2) is 11.6 Å². The molecule has 61 heavy (non-hydrogen) atoms. The number of nitrogens with zero attached hydrogens (tertiary/aromatic N) is 1. The summed E-state index contributed by atoms with van der Waals surface area (Å²) in [7, 11) is 0. The largest absolute Gasteiger partial charge is 0.489 e. The van der Waals surface area contributed by atoms with Crippen LogP contribution < -0.4 is 20.7 Å². The Morgan fingerprint density at radius 3 is 2.10 bits per heavy atom. The summed E-state index contributed by atoms with van der Waals surface area (Å²) in [6.45, 7) is 18.6. The summed E-state index contributed by atoms with van der Waals surface area (Å²) in [5.41, 5.74) is 2.83. The zero-order valence-corrected chi connectivity index (χ0v) is 37.7. The fourth-order valence-electron chi connectivity index (χ4n) is 7.51. The third-order valence-electron chi connectivity index (χ3n) is 10.9. The van der Waals surface area contributed by atoms with E-state index < -0.39 is 29.7 Å². The van der Waals surface area contributed by atoms with Crippen LogP contribution in [0, 0.1) is 11.8 Å². The molecule has 0 aromatic heterocycles. The molecule has 4 amide bonds. The van der Waals surface area contributed by atoms with E-state index in [-0.39, 0.29) is 53.9 Å². The minimum atomic E-state index is -0.858. The van der Waals surface area contributed by atoms with Crippen LogP contribution in [0.2, 0.25) is 0 Å². The van der Waals surface area contributed by atoms with Crippen molar-refractivity contribution in [1.82, 2.24) is 20.9 Å². The van der Waals surface area contributed by atoms with Crippen molar-refractivity contribution in [2.45, 2.75) is 138 Å². The Morgan fingerprint density at radius 1 is 0.820 bits per heavy atom. The second-order valence-electron chi connectivity index (χ2n) is 18.0. The summed E-state index contributed by atoms with van der Waals surface area (Å²) < 4.78 is 11.4.